The topological polar surface area (TPSA) is 55.1 Å². The molecule has 17 heavy (non-hydrogen) atoms. The van der Waals surface area contributed by atoms with Gasteiger partial charge in [-0.3, -0.25) is 4.79 Å². The number of rotatable bonds is 3. The van der Waals surface area contributed by atoms with Gasteiger partial charge in [-0.15, -0.1) is 12.4 Å². The van der Waals surface area contributed by atoms with Gasteiger partial charge in [-0.2, -0.15) is 0 Å². The predicted molar refractivity (Wildman–Crippen MR) is 69.0 cm³/mol. The molecule has 1 rings (SSSR count). The van der Waals surface area contributed by atoms with Crippen molar-refractivity contribution in [3.63, 3.8) is 0 Å². The third-order valence-electron chi connectivity index (χ3n) is 2.27. The first-order chi connectivity index (χ1) is 7.34. The maximum Gasteiger partial charge on any atom is 0.251 e. The Labute approximate surface area is 107 Å². The highest BCUT2D eigenvalue weighted by Crippen LogP contribution is 2.10. The number of nitrogens with two attached hydrogens (primary N) is 1. The molecule has 3 N–H and O–H groups in total. The zero-order valence-electron chi connectivity index (χ0n) is 10.2. The van der Waals surface area contributed by atoms with E-state index in [0.717, 1.165) is 5.56 Å². The first-order valence-electron chi connectivity index (χ1n) is 5.14. The molecule has 3 nitrogen and oxygen atoms in total. The molecule has 0 aromatic heterocycles. The minimum Gasteiger partial charge on any atom is -0.346 e. The van der Waals surface area contributed by atoms with Gasteiger partial charge in [0.2, 0.25) is 0 Å². The van der Waals surface area contributed by atoms with Gasteiger partial charge in [-0.25, -0.2) is 4.39 Å². The number of carbonyl (C=O) groups is 1. The molecule has 96 valence electrons. The molecule has 0 saturated heterocycles. The van der Waals surface area contributed by atoms with Gasteiger partial charge in [0.05, 0.1) is 0 Å². The van der Waals surface area contributed by atoms with E-state index in [1.807, 2.05) is 13.8 Å². The summed E-state index contributed by atoms with van der Waals surface area (Å²) in [7, 11) is 0. The highest BCUT2D eigenvalue weighted by molar-refractivity contribution is 5.94. The summed E-state index contributed by atoms with van der Waals surface area (Å²) in [5, 5.41) is 2.75. The molecule has 0 saturated carbocycles. The van der Waals surface area contributed by atoms with Crippen LogP contribution in [0.3, 0.4) is 0 Å². The van der Waals surface area contributed by atoms with E-state index < -0.39 is 11.4 Å². The Balaban J connectivity index is 0.00000256. The van der Waals surface area contributed by atoms with Crippen LogP contribution in [0.2, 0.25) is 0 Å². The smallest absolute Gasteiger partial charge is 0.251 e. The van der Waals surface area contributed by atoms with Crippen molar-refractivity contribution in [3.8, 4) is 0 Å². The van der Waals surface area contributed by atoms with Crippen LogP contribution in [0.15, 0.2) is 18.2 Å². The van der Waals surface area contributed by atoms with Crippen LogP contribution in [-0.4, -0.2) is 18.0 Å². The second kappa shape index (κ2) is 5.98. The largest absolute Gasteiger partial charge is 0.346 e. The summed E-state index contributed by atoms with van der Waals surface area (Å²) < 4.78 is 13.1. The van der Waals surface area contributed by atoms with Gasteiger partial charge in [-0.1, -0.05) is 0 Å². The molecular weight excluding hydrogens is 243 g/mol. The van der Waals surface area contributed by atoms with E-state index >= 15 is 0 Å². The van der Waals surface area contributed by atoms with Crippen molar-refractivity contribution in [1.82, 2.24) is 5.32 Å². The monoisotopic (exact) mass is 260 g/mol. The molecule has 0 unspecified atom stereocenters. The van der Waals surface area contributed by atoms with Gasteiger partial charge in [0.25, 0.3) is 5.91 Å². The number of hydrogen-bond acceptors (Lipinski definition) is 2. The Kier molecular flexibility index (Phi) is 5.58. The lowest BCUT2D eigenvalue weighted by Crippen LogP contribution is -2.48. The highest BCUT2D eigenvalue weighted by atomic mass is 35.5. The average molecular weight is 261 g/mol. The van der Waals surface area contributed by atoms with Gasteiger partial charge >= 0.3 is 0 Å². The third kappa shape index (κ3) is 4.71. The average Bonchev–Trinajstić information content (AvgIpc) is 2.15. The first-order valence-corrected chi connectivity index (χ1v) is 5.14. The lowest BCUT2D eigenvalue weighted by molar-refractivity contribution is 0.0915. The lowest BCUT2D eigenvalue weighted by atomic mass is 10.0. The zero-order chi connectivity index (χ0) is 12.3. The van der Waals surface area contributed by atoms with Crippen molar-refractivity contribution in [2.45, 2.75) is 26.3 Å². The highest BCUT2D eigenvalue weighted by Gasteiger charge is 2.19. The Bertz CT molecular complexity index is 387. The summed E-state index contributed by atoms with van der Waals surface area (Å²) in [6.45, 7) is 5.70. The van der Waals surface area contributed by atoms with Gasteiger partial charge in [0.1, 0.15) is 5.82 Å². The molecule has 0 heterocycles. The predicted octanol–water partition coefficient (Wildman–Crippen LogP) is 2.02. The molecule has 5 heteroatoms. The molecule has 1 aromatic rings. The lowest BCUT2D eigenvalue weighted by Gasteiger charge is -2.24. The van der Waals surface area contributed by atoms with E-state index in [1.54, 1.807) is 13.0 Å². The number of carbonyl (C=O) groups excluding carboxylic acids is 1. The Morgan fingerprint density at radius 3 is 2.47 bits per heavy atom. The van der Waals surface area contributed by atoms with Crippen molar-refractivity contribution in [2.24, 2.45) is 5.73 Å². The van der Waals surface area contributed by atoms with Crippen LogP contribution in [0.4, 0.5) is 4.39 Å². The van der Waals surface area contributed by atoms with Gasteiger partial charge < -0.3 is 11.1 Å². The van der Waals surface area contributed by atoms with E-state index in [2.05, 4.69) is 5.32 Å². The number of benzene rings is 1. The van der Waals surface area contributed by atoms with Crippen molar-refractivity contribution in [1.29, 1.82) is 0 Å². The van der Waals surface area contributed by atoms with E-state index in [1.165, 1.54) is 12.1 Å². The first kappa shape index (κ1) is 15.9. The Morgan fingerprint density at radius 2 is 2.00 bits per heavy atom. The van der Waals surface area contributed by atoms with Crippen LogP contribution in [0, 0.1) is 12.7 Å². The molecule has 0 radical (unpaired) electrons. The molecule has 0 bridgehead atoms. The minimum atomic E-state index is -0.489. The third-order valence-corrected chi connectivity index (χ3v) is 2.27. The molecule has 1 amide bonds. The molecule has 0 aliphatic carbocycles. The number of nitrogens with one attached hydrogen (secondary N) is 1. The van der Waals surface area contributed by atoms with Crippen molar-refractivity contribution >= 4 is 18.3 Å². The summed E-state index contributed by atoms with van der Waals surface area (Å²) in [5.41, 5.74) is 6.05. The van der Waals surface area contributed by atoms with Crippen molar-refractivity contribution < 1.29 is 9.18 Å². The van der Waals surface area contributed by atoms with Crippen LogP contribution < -0.4 is 11.1 Å². The number of aryl methyl sites for hydroxylation is 1. The molecule has 0 aliphatic rings. The molecule has 0 fully saturated rings. The number of amides is 1. The minimum absolute atomic E-state index is 0. The summed E-state index contributed by atoms with van der Waals surface area (Å²) in [6.07, 6.45) is 0. The fourth-order valence-electron chi connectivity index (χ4n) is 1.30. The maximum absolute atomic E-state index is 13.1. The SMILES string of the molecule is Cc1cc(F)cc(C(=O)NC(C)(C)CN)c1.Cl. The van der Waals surface area contributed by atoms with Crippen LogP contribution in [0.25, 0.3) is 0 Å². The zero-order valence-corrected chi connectivity index (χ0v) is 11.0. The number of halogens is 2. The second-order valence-electron chi connectivity index (χ2n) is 4.56. The van der Waals surface area contributed by atoms with E-state index in [-0.39, 0.29) is 18.3 Å². The van der Waals surface area contributed by atoms with Crippen molar-refractivity contribution in [2.75, 3.05) is 6.54 Å². The summed E-state index contributed by atoms with van der Waals surface area (Å²) in [4.78, 5) is 11.8. The van der Waals surface area contributed by atoms with Gasteiger partial charge in [0, 0.05) is 17.6 Å². The van der Waals surface area contributed by atoms with Crippen LogP contribution >= 0.6 is 12.4 Å². The fraction of sp³-hybridized carbons (Fsp3) is 0.417. The molecular formula is C12H18ClFN2O. The summed E-state index contributed by atoms with van der Waals surface area (Å²) >= 11 is 0. The fourth-order valence-corrected chi connectivity index (χ4v) is 1.30. The van der Waals surface area contributed by atoms with E-state index in [9.17, 15) is 9.18 Å². The van der Waals surface area contributed by atoms with Gasteiger partial charge in [-0.05, 0) is 44.5 Å². The second-order valence-corrected chi connectivity index (χ2v) is 4.56. The van der Waals surface area contributed by atoms with Crippen LogP contribution in [0.5, 0.6) is 0 Å². The summed E-state index contributed by atoms with van der Waals surface area (Å²) in [5.74, 6) is -0.714. The Hall–Kier alpha value is -1.13. The van der Waals surface area contributed by atoms with E-state index in [4.69, 9.17) is 5.73 Å². The van der Waals surface area contributed by atoms with Crippen LogP contribution in [0.1, 0.15) is 29.8 Å². The molecule has 0 atom stereocenters. The van der Waals surface area contributed by atoms with Crippen LogP contribution in [-0.2, 0) is 0 Å². The van der Waals surface area contributed by atoms with Gasteiger partial charge in [0.15, 0.2) is 0 Å². The normalized spacial score (nSPS) is 10.6. The summed E-state index contributed by atoms with van der Waals surface area (Å²) in [6, 6.07) is 4.24. The Morgan fingerprint density at radius 1 is 1.41 bits per heavy atom. The maximum atomic E-state index is 13.1. The quantitative estimate of drug-likeness (QED) is 0.874. The standard InChI is InChI=1S/C12H17FN2O.ClH/c1-8-4-9(6-10(13)5-8)11(16)15-12(2,3)7-14;/h4-6H,7,14H2,1-3H3,(H,15,16);1H. The number of hydrogen-bond donors (Lipinski definition) is 2. The molecule has 1 aromatic carbocycles. The molecule has 0 spiro atoms. The van der Waals surface area contributed by atoms with E-state index in [0.29, 0.717) is 12.1 Å². The van der Waals surface area contributed by atoms with Crippen molar-refractivity contribution in [3.05, 3.63) is 35.1 Å². The molecule has 0 aliphatic heterocycles.